The largest absolute Gasteiger partial charge is 0.296 e. The number of aromatic nitrogens is 1. The molecule has 0 amide bonds. The average molecular weight is 236 g/mol. The predicted molar refractivity (Wildman–Crippen MR) is 53.9 cm³/mol. The third kappa shape index (κ3) is 1.35. The van der Waals surface area contributed by atoms with Crippen LogP contribution in [-0.2, 0) is 0 Å². The van der Waals surface area contributed by atoms with E-state index in [4.69, 9.17) is 0 Å². The van der Waals surface area contributed by atoms with Crippen molar-refractivity contribution >= 4 is 22.2 Å². The van der Waals surface area contributed by atoms with E-state index in [1.54, 1.807) is 0 Å². The van der Waals surface area contributed by atoms with Crippen LogP contribution in [0.25, 0.3) is 11.3 Å². The number of fused-ring (bicyclic) bond motifs is 1. The Labute approximate surface area is 84.1 Å². The van der Waals surface area contributed by atoms with E-state index >= 15 is 0 Å². The summed E-state index contributed by atoms with van der Waals surface area (Å²) in [5, 5.41) is 0. The minimum atomic E-state index is 0.459. The molecule has 0 aromatic rings. The summed E-state index contributed by atoms with van der Waals surface area (Å²) < 4.78 is 0.772. The number of hydrogen-bond acceptors (Lipinski definition) is 2. The van der Waals surface area contributed by atoms with Gasteiger partial charge in [-0.3, -0.25) is 4.79 Å². The Bertz CT molecular complexity index is 428. The molecule has 1 heterocycles. The fraction of sp³-hybridized carbons (Fsp3) is 0. The van der Waals surface area contributed by atoms with Gasteiger partial charge in [-0.1, -0.05) is 24.3 Å². The highest BCUT2D eigenvalue weighted by molar-refractivity contribution is 9.10. The van der Waals surface area contributed by atoms with Gasteiger partial charge in [0.15, 0.2) is 6.29 Å². The molecule has 0 atom stereocenters. The maximum Gasteiger partial charge on any atom is 0.169 e. The zero-order chi connectivity index (χ0) is 9.26. The van der Waals surface area contributed by atoms with Crippen LogP contribution < -0.4 is 0 Å². The molecule has 0 radical (unpaired) electrons. The van der Waals surface area contributed by atoms with Crippen molar-refractivity contribution in [2.24, 2.45) is 0 Å². The molecule has 13 heavy (non-hydrogen) atoms. The van der Waals surface area contributed by atoms with E-state index in [-0.39, 0.29) is 0 Å². The first-order chi connectivity index (χ1) is 6.33. The van der Waals surface area contributed by atoms with Crippen LogP contribution in [0.4, 0.5) is 0 Å². The molecule has 0 N–H and O–H groups in total. The standard InChI is InChI=1S/C10H6BrNO/c11-10-7-4-2-1-3-5-8(7)12-9(10)6-13/h1-6H. The first-order valence-corrected chi connectivity index (χ1v) is 4.61. The minimum Gasteiger partial charge on any atom is -0.296 e. The van der Waals surface area contributed by atoms with E-state index < -0.39 is 0 Å². The van der Waals surface area contributed by atoms with E-state index in [0.717, 1.165) is 22.0 Å². The zero-order valence-electron chi connectivity index (χ0n) is 6.70. The first kappa shape index (κ1) is 8.38. The van der Waals surface area contributed by atoms with Crippen LogP contribution in [0.15, 0.2) is 34.8 Å². The molecule has 0 bridgehead atoms. The molecule has 0 fully saturated rings. The molecular formula is C10H6BrNO. The Morgan fingerprint density at radius 2 is 2.00 bits per heavy atom. The second-order valence-electron chi connectivity index (χ2n) is 2.64. The van der Waals surface area contributed by atoms with Crippen LogP contribution in [0.3, 0.4) is 0 Å². The Kier molecular flexibility index (Phi) is 2.10. The molecule has 0 aromatic heterocycles. The number of rotatable bonds is 1. The van der Waals surface area contributed by atoms with Gasteiger partial charge in [0.05, 0.1) is 10.2 Å². The minimum absolute atomic E-state index is 0.459. The lowest BCUT2D eigenvalue weighted by molar-refractivity contribution is 0.111. The summed E-state index contributed by atoms with van der Waals surface area (Å²) in [7, 11) is 0. The van der Waals surface area contributed by atoms with Crippen LogP contribution in [0.5, 0.6) is 0 Å². The maximum absolute atomic E-state index is 10.6. The number of aldehydes is 1. The molecule has 0 unspecified atom stereocenters. The Morgan fingerprint density at radius 3 is 2.77 bits per heavy atom. The normalized spacial score (nSPS) is 10.2. The SMILES string of the molecule is O=Cc1nc2cccccc-2c1Br. The molecule has 0 saturated carbocycles. The van der Waals surface area contributed by atoms with Gasteiger partial charge in [-0.05, 0) is 22.0 Å². The summed E-state index contributed by atoms with van der Waals surface area (Å²) in [6.07, 6.45) is 0.754. The van der Waals surface area contributed by atoms with Gasteiger partial charge in [0.2, 0.25) is 0 Å². The smallest absolute Gasteiger partial charge is 0.169 e. The molecule has 0 spiro atoms. The lowest BCUT2D eigenvalue weighted by atomic mass is 10.2. The third-order valence-electron chi connectivity index (χ3n) is 1.83. The number of carbonyl (C=O) groups is 1. The molecule has 64 valence electrons. The highest BCUT2D eigenvalue weighted by Crippen LogP contribution is 2.31. The number of hydrogen-bond donors (Lipinski definition) is 0. The van der Waals surface area contributed by atoms with Crippen molar-refractivity contribution < 1.29 is 4.79 Å². The monoisotopic (exact) mass is 235 g/mol. The van der Waals surface area contributed by atoms with Crippen molar-refractivity contribution in [3.05, 3.63) is 40.5 Å². The molecule has 3 heteroatoms. The van der Waals surface area contributed by atoms with Crippen LogP contribution in [0, 0.1) is 0 Å². The lowest BCUT2D eigenvalue weighted by Crippen LogP contribution is -1.76. The molecular weight excluding hydrogens is 230 g/mol. The molecule has 2 aliphatic rings. The third-order valence-corrected chi connectivity index (χ3v) is 2.66. The van der Waals surface area contributed by atoms with Gasteiger partial charge in [0.25, 0.3) is 0 Å². The van der Waals surface area contributed by atoms with Crippen LogP contribution in [0.1, 0.15) is 10.5 Å². The van der Waals surface area contributed by atoms with E-state index in [2.05, 4.69) is 20.9 Å². The molecule has 1 aliphatic heterocycles. The zero-order valence-corrected chi connectivity index (χ0v) is 8.28. The van der Waals surface area contributed by atoms with Gasteiger partial charge in [-0.15, -0.1) is 0 Å². The second kappa shape index (κ2) is 3.26. The van der Waals surface area contributed by atoms with Gasteiger partial charge in [-0.25, -0.2) is 4.98 Å². The number of nitrogens with zero attached hydrogens (tertiary/aromatic N) is 1. The van der Waals surface area contributed by atoms with Crippen LogP contribution >= 0.6 is 15.9 Å². The quantitative estimate of drug-likeness (QED) is 0.712. The van der Waals surface area contributed by atoms with E-state index in [0.29, 0.717) is 5.69 Å². The van der Waals surface area contributed by atoms with Crippen molar-refractivity contribution in [2.75, 3.05) is 0 Å². The fourth-order valence-corrected chi connectivity index (χ4v) is 1.73. The Hall–Kier alpha value is -1.22. The highest BCUT2D eigenvalue weighted by atomic mass is 79.9. The summed E-state index contributed by atoms with van der Waals surface area (Å²) in [5.41, 5.74) is 2.26. The summed E-state index contributed by atoms with van der Waals surface area (Å²) in [6, 6.07) is 9.56. The summed E-state index contributed by atoms with van der Waals surface area (Å²) in [4.78, 5) is 14.7. The van der Waals surface area contributed by atoms with Gasteiger partial charge < -0.3 is 0 Å². The van der Waals surface area contributed by atoms with Crippen molar-refractivity contribution in [2.45, 2.75) is 0 Å². The van der Waals surface area contributed by atoms with E-state index in [1.165, 1.54) is 0 Å². The van der Waals surface area contributed by atoms with Crippen LogP contribution in [0.2, 0.25) is 0 Å². The van der Waals surface area contributed by atoms with Crippen LogP contribution in [-0.4, -0.2) is 11.3 Å². The maximum atomic E-state index is 10.6. The Balaban J connectivity index is 2.77. The van der Waals surface area contributed by atoms with Crippen molar-refractivity contribution in [1.82, 2.24) is 4.98 Å². The first-order valence-electron chi connectivity index (χ1n) is 3.82. The highest BCUT2D eigenvalue weighted by Gasteiger charge is 2.12. The molecule has 0 aromatic carbocycles. The van der Waals surface area contributed by atoms with Gasteiger partial charge >= 0.3 is 0 Å². The van der Waals surface area contributed by atoms with Gasteiger partial charge in [0.1, 0.15) is 5.69 Å². The van der Waals surface area contributed by atoms with Crippen molar-refractivity contribution in [1.29, 1.82) is 0 Å². The second-order valence-corrected chi connectivity index (χ2v) is 3.43. The van der Waals surface area contributed by atoms with Crippen molar-refractivity contribution in [3.8, 4) is 11.3 Å². The van der Waals surface area contributed by atoms with E-state index in [9.17, 15) is 4.79 Å². The molecule has 2 nitrogen and oxygen atoms in total. The topological polar surface area (TPSA) is 30.0 Å². The summed E-state index contributed by atoms with van der Waals surface area (Å²) >= 11 is 3.34. The molecule has 0 saturated heterocycles. The van der Waals surface area contributed by atoms with Crippen molar-refractivity contribution in [3.63, 3.8) is 0 Å². The van der Waals surface area contributed by atoms with Gasteiger partial charge in [-0.2, -0.15) is 0 Å². The predicted octanol–water partition coefficient (Wildman–Crippen LogP) is 2.76. The average Bonchev–Trinajstić information content (AvgIpc) is 2.37. The Morgan fingerprint density at radius 1 is 1.23 bits per heavy atom. The molecule has 1 aliphatic carbocycles. The van der Waals surface area contributed by atoms with Gasteiger partial charge in [0, 0.05) is 5.56 Å². The summed E-state index contributed by atoms with van der Waals surface area (Å²) in [5.74, 6) is 0. The number of halogens is 1. The molecule has 2 rings (SSSR count). The summed E-state index contributed by atoms with van der Waals surface area (Å²) in [6.45, 7) is 0. The number of carbonyl (C=O) groups excluding carboxylic acids is 1. The lowest BCUT2D eigenvalue weighted by Gasteiger charge is -1.87. The van der Waals surface area contributed by atoms with E-state index in [1.807, 2.05) is 30.3 Å². The fourth-order valence-electron chi connectivity index (χ4n) is 1.22.